The quantitative estimate of drug-likeness (QED) is 0.658. The molecular weight excluding hydrogens is 254 g/mol. The summed E-state index contributed by atoms with van der Waals surface area (Å²) >= 11 is 0. The number of methoxy groups -OCH3 is 2. The summed E-state index contributed by atoms with van der Waals surface area (Å²) in [6, 6.07) is 6.03. The van der Waals surface area contributed by atoms with Crippen molar-refractivity contribution in [3.05, 3.63) is 42.0 Å². The first-order valence-electron chi connectivity index (χ1n) is 6.75. The van der Waals surface area contributed by atoms with Crippen LogP contribution in [0.4, 0.5) is 0 Å². The van der Waals surface area contributed by atoms with E-state index in [0.29, 0.717) is 13.0 Å². The van der Waals surface area contributed by atoms with Crippen molar-refractivity contribution in [2.45, 2.75) is 24.8 Å². The van der Waals surface area contributed by atoms with Crippen LogP contribution in [0.15, 0.2) is 30.9 Å². The summed E-state index contributed by atoms with van der Waals surface area (Å²) in [5.74, 6) is 0.598. The third-order valence-electron chi connectivity index (χ3n) is 3.89. The van der Waals surface area contributed by atoms with E-state index in [9.17, 15) is 4.79 Å². The van der Waals surface area contributed by atoms with Crippen LogP contribution in [-0.4, -0.2) is 32.3 Å². The molecule has 0 spiro atoms. The lowest BCUT2D eigenvalue weighted by Crippen LogP contribution is -2.56. The fraction of sp³-hybridized carbons (Fsp3) is 0.438. The van der Waals surface area contributed by atoms with Crippen LogP contribution < -0.4 is 10.1 Å². The van der Waals surface area contributed by atoms with Crippen molar-refractivity contribution in [1.29, 1.82) is 0 Å². The van der Waals surface area contributed by atoms with Gasteiger partial charge in [-0.1, -0.05) is 12.1 Å². The van der Waals surface area contributed by atoms with Gasteiger partial charge in [0.15, 0.2) is 0 Å². The van der Waals surface area contributed by atoms with Crippen LogP contribution in [-0.2, 0) is 22.4 Å². The monoisotopic (exact) mass is 275 g/mol. The van der Waals surface area contributed by atoms with Crippen LogP contribution in [0.3, 0.4) is 0 Å². The maximum atomic E-state index is 12.2. The molecule has 0 aliphatic heterocycles. The second kappa shape index (κ2) is 6.09. The minimum absolute atomic E-state index is 0.215. The summed E-state index contributed by atoms with van der Waals surface area (Å²) in [6.45, 7) is 4.28. The van der Waals surface area contributed by atoms with Crippen molar-refractivity contribution in [2.75, 3.05) is 20.8 Å². The Hall–Kier alpha value is -1.81. The maximum Gasteiger partial charge on any atom is 0.326 e. The van der Waals surface area contributed by atoms with Crippen LogP contribution in [0.2, 0.25) is 0 Å². The Morgan fingerprint density at radius 2 is 2.25 bits per heavy atom. The van der Waals surface area contributed by atoms with E-state index in [-0.39, 0.29) is 5.97 Å². The topological polar surface area (TPSA) is 47.6 Å². The number of fused-ring (bicyclic) bond motifs is 1. The van der Waals surface area contributed by atoms with Crippen LogP contribution in [0, 0.1) is 0 Å². The fourth-order valence-electron chi connectivity index (χ4n) is 2.76. The number of hydrogen-bond donors (Lipinski definition) is 1. The van der Waals surface area contributed by atoms with Crippen molar-refractivity contribution in [3.63, 3.8) is 0 Å². The van der Waals surface area contributed by atoms with Crippen molar-refractivity contribution in [2.24, 2.45) is 0 Å². The number of aryl methyl sites for hydroxylation is 1. The summed E-state index contributed by atoms with van der Waals surface area (Å²) in [6.07, 6.45) is 3.94. The fourth-order valence-corrected chi connectivity index (χ4v) is 2.76. The Balaban J connectivity index is 2.32. The van der Waals surface area contributed by atoms with Gasteiger partial charge < -0.3 is 9.47 Å². The number of carbonyl (C=O) groups excluding carboxylic acids is 1. The van der Waals surface area contributed by atoms with E-state index in [1.165, 1.54) is 12.7 Å². The zero-order chi connectivity index (χ0) is 14.6. The predicted octanol–water partition coefficient (Wildman–Crippen LogP) is 1.87. The molecule has 1 atom stereocenters. The van der Waals surface area contributed by atoms with E-state index in [1.54, 1.807) is 13.2 Å². The first kappa shape index (κ1) is 14.6. The second-order valence-corrected chi connectivity index (χ2v) is 5.05. The molecule has 0 radical (unpaired) electrons. The molecule has 1 aliphatic carbocycles. The number of esters is 1. The molecule has 1 unspecified atom stereocenters. The van der Waals surface area contributed by atoms with E-state index in [4.69, 9.17) is 9.47 Å². The Labute approximate surface area is 119 Å². The molecule has 1 aromatic carbocycles. The molecule has 108 valence electrons. The van der Waals surface area contributed by atoms with Crippen LogP contribution in [0.5, 0.6) is 5.75 Å². The molecular formula is C16H21NO3. The average Bonchev–Trinajstić information content (AvgIpc) is 2.51. The number of rotatable bonds is 5. The van der Waals surface area contributed by atoms with E-state index < -0.39 is 5.54 Å². The molecule has 1 N–H and O–H groups in total. The average molecular weight is 275 g/mol. The molecule has 0 fully saturated rings. The molecule has 0 bridgehead atoms. The molecule has 0 saturated heterocycles. The number of hydrogen-bond acceptors (Lipinski definition) is 4. The number of nitrogens with one attached hydrogen (secondary N) is 1. The Morgan fingerprint density at radius 3 is 2.90 bits per heavy atom. The number of benzene rings is 1. The minimum atomic E-state index is -0.664. The summed E-state index contributed by atoms with van der Waals surface area (Å²) < 4.78 is 10.3. The molecule has 4 heteroatoms. The Kier molecular flexibility index (Phi) is 4.45. The highest BCUT2D eigenvalue weighted by molar-refractivity contribution is 5.82. The molecule has 0 aromatic heterocycles. The first-order valence-corrected chi connectivity index (χ1v) is 6.75. The van der Waals surface area contributed by atoms with Crippen molar-refractivity contribution in [1.82, 2.24) is 5.32 Å². The van der Waals surface area contributed by atoms with Gasteiger partial charge in [0.1, 0.15) is 11.3 Å². The summed E-state index contributed by atoms with van der Waals surface area (Å²) in [4.78, 5) is 12.2. The van der Waals surface area contributed by atoms with E-state index in [2.05, 4.69) is 18.0 Å². The van der Waals surface area contributed by atoms with Crippen LogP contribution in [0.1, 0.15) is 17.5 Å². The number of carbonyl (C=O) groups is 1. The van der Waals surface area contributed by atoms with Gasteiger partial charge in [-0.25, -0.2) is 0 Å². The van der Waals surface area contributed by atoms with Gasteiger partial charge in [-0.3, -0.25) is 10.1 Å². The molecule has 0 saturated carbocycles. The summed E-state index contributed by atoms with van der Waals surface area (Å²) in [7, 11) is 3.08. The van der Waals surface area contributed by atoms with E-state index in [0.717, 1.165) is 24.2 Å². The van der Waals surface area contributed by atoms with Gasteiger partial charge in [0.25, 0.3) is 0 Å². The smallest absolute Gasteiger partial charge is 0.326 e. The first-order chi connectivity index (χ1) is 9.65. The van der Waals surface area contributed by atoms with Crippen molar-refractivity contribution >= 4 is 5.97 Å². The van der Waals surface area contributed by atoms with Gasteiger partial charge in [-0.15, -0.1) is 6.58 Å². The highest BCUT2D eigenvalue weighted by atomic mass is 16.5. The van der Waals surface area contributed by atoms with Gasteiger partial charge in [0.2, 0.25) is 0 Å². The van der Waals surface area contributed by atoms with Gasteiger partial charge in [0.05, 0.1) is 14.2 Å². The zero-order valence-electron chi connectivity index (χ0n) is 12.1. The van der Waals surface area contributed by atoms with E-state index >= 15 is 0 Å². The normalized spacial score (nSPS) is 20.9. The molecule has 0 heterocycles. The molecule has 4 nitrogen and oxygen atoms in total. The van der Waals surface area contributed by atoms with Crippen molar-refractivity contribution in [3.8, 4) is 5.75 Å². The summed E-state index contributed by atoms with van der Waals surface area (Å²) in [5, 5.41) is 3.28. The SMILES string of the molecule is C=CCNC1(C(=O)OC)CCc2ccc(OC)cc2C1. The Bertz CT molecular complexity index is 512. The lowest BCUT2D eigenvalue weighted by molar-refractivity contribution is -0.149. The van der Waals surface area contributed by atoms with Gasteiger partial charge in [-0.05, 0) is 36.1 Å². The second-order valence-electron chi connectivity index (χ2n) is 5.05. The molecule has 0 amide bonds. The van der Waals surface area contributed by atoms with Crippen LogP contribution >= 0.6 is 0 Å². The van der Waals surface area contributed by atoms with Crippen LogP contribution in [0.25, 0.3) is 0 Å². The largest absolute Gasteiger partial charge is 0.497 e. The lowest BCUT2D eigenvalue weighted by atomic mass is 9.77. The third-order valence-corrected chi connectivity index (χ3v) is 3.89. The third kappa shape index (κ3) is 2.70. The molecule has 2 rings (SSSR count). The van der Waals surface area contributed by atoms with E-state index in [1.807, 2.05) is 12.1 Å². The zero-order valence-corrected chi connectivity index (χ0v) is 12.1. The van der Waals surface area contributed by atoms with Gasteiger partial charge >= 0.3 is 5.97 Å². The lowest BCUT2D eigenvalue weighted by Gasteiger charge is -2.36. The van der Waals surface area contributed by atoms with Crippen molar-refractivity contribution < 1.29 is 14.3 Å². The molecule has 1 aromatic rings. The van der Waals surface area contributed by atoms with Gasteiger partial charge in [-0.2, -0.15) is 0 Å². The maximum absolute atomic E-state index is 12.2. The highest BCUT2D eigenvalue weighted by Crippen LogP contribution is 2.32. The molecule has 1 aliphatic rings. The molecule has 20 heavy (non-hydrogen) atoms. The summed E-state index contributed by atoms with van der Waals surface area (Å²) in [5.41, 5.74) is 1.74. The number of ether oxygens (including phenoxy) is 2. The minimum Gasteiger partial charge on any atom is -0.497 e. The van der Waals surface area contributed by atoms with Gasteiger partial charge in [0, 0.05) is 13.0 Å². The highest BCUT2D eigenvalue weighted by Gasteiger charge is 2.41. The predicted molar refractivity (Wildman–Crippen MR) is 78.0 cm³/mol. The Morgan fingerprint density at radius 1 is 1.45 bits per heavy atom. The standard InChI is InChI=1S/C16H21NO3/c1-4-9-17-16(15(18)20-3)8-7-12-5-6-14(19-2)10-13(12)11-16/h4-6,10,17H,1,7-9,11H2,2-3H3.